The van der Waals surface area contributed by atoms with E-state index in [-0.39, 0.29) is 11.7 Å². The maximum Gasteiger partial charge on any atom is 0.265 e. The van der Waals surface area contributed by atoms with Crippen LogP contribution in [0.5, 0.6) is 5.75 Å². The summed E-state index contributed by atoms with van der Waals surface area (Å²) >= 11 is 12.2. The molecule has 0 radical (unpaired) electrons. The second kappa shape index (κ2) is 5.99. The fourth-order valence-corrected chi connectivity index (χ4v) is 3.09. The molecule has 0 saturated carbocycles. The first-order valence-electron chi connectivity index (χ1n) is 5.77. The molecule has 0 bridgehead atoms. The molecular formula is C14H12ClNO2S2. The van der Waals surface area contributed by atoms with Crippen molar-refractivity contribution in [1.29, 1.82) is 0 Å². The lowest BCUT2D eigenvalue weighted by Crippen LogP contribution is -2.22. The van der Waals surface area contributed by atoms with E-state index in [0.717, 1.165) is 5.57 Å². The van der Waals surface area contributed by atoms with Crippen molar-refractivity contribution in [2.45, 2.75) is 6.92 Å². The molecule has 2 rings (SSSR count). The number of thioether (sulfide) groups is 1. The van der Waals surface area contributed by atoms with Gasteiger partial charge in [0.2, 0.25) is 0 Å². The molecule has 1 fully saturated rings. The Morgan fingerprint density at radius 1 is 1.50 bits per heavy atom. The molecule has 0 atom stereocenters. The number of amides is 1. The molecule has 1 amide bonds. The predicted octanol–water partition coefficient (Wildman–Crippen LogP) is 3.82. The standard InChI is InChI=1S/C14H12ClNO2S2/c1-8(5-9-7-10(15)3-4-11(9)17)6-12-13(18)16(2)14(19)20-12/h3-7,17H,1-2H3/b8-5-,12-6+. The summed E-state index contributed by atoms with van der Waals surface area (Å²) in [6.45, 7) is 1.85. The van der Waals surface area contributed by atoms with Crippen LogP contribution in [-0.4, -0.2) is 27.3 Å². The van der Waals surface area contributed by atoms with Crippen LogP contribution in [0.3, 0.4) is 0 Å². The maximum atomic E-state index is 11.9. The highest BCUT2D eigenvalue weighted by Crippen LogP contribution is 2.31. The average Bonchev–Trinajstić information content (AvgIpc) is 2.61. The van der Waals surface area contributed by atoms with Gasteiger partial charge in [-0.2, -0.15) is 0 Å². The number of rotatable bonds is 2. The van der Waals surface area contributed by atoms with Gasteiger partial charge >= 0.3 is 0 Å². The third kappa shape index (κ3) is 3.23. The second-order valence-electron chi connectivity index (χ2n) is 4.33. The third-order valence-electron chi connectivity index (χ3n) is 2.72. The Balaban J connectivity index is 2.30. The number of halogens is 1. The van der Waals surface area contributed by atoms with E-state index in [2.05, 4.69) is 0 Å². The minimum Gasteiger partial charge on any atom is -0.507 e. The van der Waals surface area contributed by atoms with Crippen LogP contribution in [0.2, 0.25) is 5.02 Å². The van der Waals surface area contributed by atoms with Crippen LogP contribution in [0.4, 0.5) is 0 Å². The fraction of sp³-hybridized carbons (Fsp3) is 0.143. The summed E-state index contributed by atoms with van der Waals surface area (Å²) in [5.74, 6) is 0.0354. The Morgan fingerprint density at radius 3 is 2.80 bits per heavy atom. The van der Waals surface area contributed by atoms with Crippen molar-refractivity contribution in [2.75, 3.05) is 7.05 Å². The first-order chi connectivity index (χ1) is 9.38. The van der Waals surface area contributed by atoms with Gasteiger partial charge in [-0.1, -0.05) is 35.6 Å². The van der Waals surface area contributed by atoms with Crippen LogP contribution in [0.25, 0.3) is 6.08 Å². The molecule has 1 aliphatic heterocycles. The molecule has 0 aromatic heterocycles. The molecule has 0 spiro atoms. The number of carbonyl (C=O) groups excluding carboxylic acids is 1. The second-order valence-corrected chi connectivity index (χ2v) is 6.44. The van der Waals surface area contributed by atoms with Crippen molar-refractivity contribution in [1.82, 2.24) is 4.90 Å². The van der Waals surface area contributed by atoms with Gasteiger partial charge in [-0.3, -0.25) is 9.69 Å². The van der Waals surface area contributed by atoms with Crippen LogP contribution in [0, 0.1) is 0 Å². The number of likely N-dealkylation sites (N-methyl/N-ethyl adjacent to an activating group) is 1. The Bertz CT molecular complexity index is 653. The average molecular weight is 326 g/mol. The number of aromatic hydroxyl groups is 1. The van der Waals surface area contributed by atoms with Gasteiger partial charge in [0, 0.05) is 17.6 Å². The van der Waals surface area contributed by atoms with Crippen molar-refractivity contribution < 1.29 is 9.90 Å². The zero-order valence-electron chi connectivity index (χ0n) is 10.9. The number of hydrogen-bond donors (Lipinski definition) is 1. The molecule has 1 saturated heterocycles. The van der Waals surface area contributed by atoms with E-state index in [1.807, 2.05) is 6.92 Å². The molecule has 1 aliphatic rings. The van der Waals surface area contributed by atoms with Crippen LogP contribution in [0.15, 0.2) is 34.8 Å². The van der Waals surface area contributed by atoms with E-state index < -0.39 is 0 Å². The molecule has 1 heterocycles. The predicted molar refractivity (Wildman–Crippen MR) is 87.8 cm³/mol. The summed E-state index contributed by atoms with van der Waals surface area (Å²) in [7, 11) is 1.65. The number of phenolic OH excluding ortho intramolecular Hbond substituents is 1. The number of carbonyl (C=O) groups is 1. The van der Waals surface area contributed by atoms with Crippen LogP contribution in [0.1, 0.15) is 12.5 Å². The quantitative estimate of drug-likeness (QED) is 0.663. The lowest BCUT2D eigenvalue weighted by Gasteiger charge is -2.03. The molecular weight excluding hydrogens is 314 g/mol. The van der Waals surface area contributed by atoms with E-state index in [4.69, 9.17) is 23.8 Å². The number of nitrogens with zero attached hydrogens (tertiary/aromatic N) is 1. The van der Waals surface area contributed by atoms with Crippen LogP contribution in [-0.2, 0) is 4.79 Å². The maximum absolute atomic E-state index is 11.9. The summed E-state index contributed by atoms with van der Waals surface area (Å²) in [5, 5.41) is 10.3. The van der Waals surface area contributed by atoms with Crippen molar-refractivity contribution in [3.05, 3.63) is 45.3 Å². The van der Waals surface area contributed by atoms with Gasteiger partial charge in [0.05, 0.1) is 4.91 Å². The number of phenols is 1. The van der Waals surface area contributed by atoms with Gasteiger partial charge < -0.3 is 5.11 Å². The Labute approximate surface area is 131 Å². The van der Waals surface area contributed by atoms with Gasteiger partial charge in [0.25, 0.3) is 5.91 Å². The Kier molecular flexibility index (Phi) is 4.52. The summed E-state index contributed by atoms with van der Waals surface area (Å²) in [4.78, 5) is 13.9. The zero-order valence-corrected chi connectivity index (χ0v) is 13.3. The summed E-state index contributed by atoms with van der Waals surface area (Å²) in [6, 6.07) is 4.82. The Morgan fingerprint density at radius 2 is 2.20 bits per heavy atom. The number of allylic oxidation sites excluding steroid dienone is 2. The van der Waals surface area contributed by atoms with Crippen molar-refractivity contribution in [3.8, 4) is 5.75 Å². The van der Waals surface area contributed by atoms with Crippen molar-refractivity contribution in [2.24, 2.45) is 0 Å². The molecule has 0 unspecified atom stereocenters. The first kappa shape index (κ1) is 15.1. The summed E-state index contributed by atoms with van der Waals surface area (Å²) in [6.07, 6.45) is 3.52. The Hall–Kier alpha value is -1.30. The largest absolute Gasteiger partial charge is 0.507 e. The van der Waals surface area contributed by atoms with Gasteiger partial charge in [-0.25, -0.2) is 0 Å². The van der Waals surface area contributed by atoms with E-state index in [1.54, 1.807) is 31.3 Å². The molecule has 104 valence electrons. The normalized spacial score (nSPS) is 18.2. The topological polar surface area (TPSA) is 40.5 Å². The van der Waals surface area contributed by atoms with Gasteiger partial charge in [-0.05, 0) is 42.8 Å². The smallest absolute Gasteiger partial charge is 0.265 e. The minimum absolute atomic E-state index is 0.108. The first-order valence-corrected chi connectivity index (χ1v) is 7.37. The number of thiocarbonyl (C=S) groups is 1. The van der Waals surface area contributed by atoms with E-state index in [0.29, 0.717) is 19.8 Å². The summed E-state index contributed by atoms with van der Waals surface area (Å²) < 4.78 is 0.541. The molecule has 1 N–H and O–H groups in total. The highest BCUT2D eigenvalue weighted by atomic mass is 35.5. The fourth-order valence-electron chi connectivity index (χ4n) is 1.68. The van der Waals surface area contributed by atoms with E-state index in [1.165, 1.54) is 22.7 Å². The van der Waals surface area contributed by atoms with E-state index >= 15 is 0 Å². The third-order valence-corrected chi connectivity index (χ3v) is 4.44. The van der Waals surface area contributed by atoms with Gasteiger partial charge in [0.1, 0.15) is 10.1 Å². The van der Waals surface area contributed by atoms with Crippen LogP contribution < -0.4 is 0 Å². The highest BCUT2D eigenvalue weighted by molar-refractivity contribution is 8.26. The minimum atomic E-state index is -0.108. The summed E-state index contributed by atoms with van der Waals surface area (Å²) in [5.41, 5.74) is 1.44. The van der Waals surface area contributed by atoms with Crippen molar-refractivity contribution in [3.63, 3.8) is 0 Å². The molecule has 20 heavy (non-hydrogen) atoms. The van der Waals surface area contributed by atoms with Gasteiger partial charge in [0.15, 0.2) is 0 Å². The lowest BCUT2D eigenvalue weighted by molar-refractivity contribution is -0.121. The van der Waals surface area contributed by atoms with E-state index in [9.17, 15) is 9.90 Å². The highest BCUT2D eigenvalue weighted by Gasteiger charge is 2.28. The zero-order chi connectivity index (χ0) is 14.9. The molecule has 3 nitrogen and oxygen atoms in total. The molecule has 0 aliphatic carbocycles. The number of hydrogen-bond acceptors (Lipinski definition) is 4. The molecule has 1 aromatic carbocycles. The molecule has 1 aromatic rings. The van der Waals surface area contributed by atoms with Gasteiger partial charge in [-0.15, -0.1) is 0 Å². The van der Waals surface area contributed by atoms with Crippen molar-refractivity contribution >= 4 is 51.9 Å². The number of benzene rings is 1. The SMILES string of the molecule is CC(=C/c1cc(Cl)ccc1O)/C=C1/SC(=S)N(C)C1=O. The molecule has 6 heteroatoms. The monoisotopic (exact) mass is 325 g/mol. The van der Waals surface area contributed by atoms with Crippen LogP contribution >= 0.6 is 35.6 Å². The lowest BCUT2D eigenvalue weighted by atomic mass is 10.1.